The molecule has 0 aromatic heterocycles. The quantitative estimate of drug-likeness (QED) is 0.113. The predicted molar refractivity (Wildman–Crippen MR) is 175 cm³/mol. The molecular weight excluding hydrogens is 544 g/mol. The van der Waals surface area contributed by atoms with Crippen LogP contribution in [-0.2, 0) is 0 Å². The van der Waals surface area contributed by atoms with E-state index in [4.69, 9.17) is 9.47 Å². The van der Waals surface area contributed by atoms with Gasteiger partial charge >= 0.3 is 11.9 Å². The van der Waals surface area contributed by atoms with Crippen LogP contribution in [0.5, 0.6) is 11.5 Å². The Labute approximate surface area is 254 Å². The lowest BCUT2D eigenvalue weighted by molar-refractivity contribution is 0.0727. The molecule has 0 aliphatic carbocycles. The number of fused-ring (bicyclic) bond motifs is 2. The van der Waals surface area contributed by atoms with Gasteiger partial charge in [0.05, 0.1) is 11.1 Å². The van der Waals surface area contributed by atoms with E-state index in [0.29, 0.717) is 44.2 Å². The number of ether oxygens (including phenoxy) is 2. The maximum absolute atomic E-state index is 13.8. The summed E-state index contributed by atoms with van der Waals surface area (Å²) in [6, 6.07) is 49.4. The van der Waals surface area contributed by atoms with Crippen LogP contribution in [0.4, 0.5) is 0 Å². The van der Waals surface area contributed by atoms with Crippen LogP contribution in [0, 0.1) is 0 Å². The Bertz CT molecular complexity index is 1940. The van der Waals surface area contributed by atoms with E-state index >= 15 is 0 Å². The minimum Gasteiger partial charge on any atom is -0.422 e. The molecule has 0 amide bonds. The fourth-order valence-corrected chi connectivity index (χ4v) is 5.62. The third kappa shape index (κ3) is 4.99. The molecule has 0 unspecified atom stereocenters. The summed E-state index contributed by atoms with van der Waals surface area (Å²) in [5, 5.41) is 2.65. The van der Waals surface area contributed by atoms with Crippen LogP contribution in [0.15, 0.2) is 158 Å². The summed E-state index contributed by atoms with van der Waals surface area (Å²) in [5.41, 5.74) is 4.34. The third-order valence-corrected chi connectivity index (χ3v) is 7.69. The van der Waals surface area contributed by atoms with Crippen LogP contribution in [0.3, 0.4) is 0 Å². The van der Waals surface area contributed by atoms with E-state index in [-0.39, 0.29) is 0 Å². The second-order valence-corrected chi connectivity index (χ2v) is 10.4. The highest BCUT2D eigenvalue weighted by molar-refractivity contribution is 6.14. The van der Waals surface area contributed by atoms with Crippen molar-refractivity contribution in [2.75, 3.05) is 0 Å². The Morgan fingerprint density at radius 1 is 0.341 bits per heavy atom. The van der Waals surface area contributed by atoms with E-state index in [1.54, 1.807) is 12.1 Å². The van der Waals surface area contributed by atoms with Gasteiger partial charge < -0.3 is 9.47 Å². The number of hydrogen-bond acceptors (Lipinski definition) is 4. The molecular formula is C40H26O4. The van der Waals surface area contributed by atoms with Gasteiger partial charge in [0.2, 0.25) is 0 Å². The van der Waals surface area contributed by atoms with E-state index in [1.807, 2.05) is 146 Å². The molecule has 0 radical (unpaired) electrons. The highest BCUT2D eigenvalue weighted by Crippen LogP contribution is 2.43. The summed E-state index contributed by atoms with van der Waals surface area (Å²) in [5.74, 6) is -0.121. The summed E-state index contributed by atoms with van der Waals surface area (Å²) in [4.78, 5) is 27.6. The molecule has 0 spiro atoms. The zero-order valence-corrected chi connectivity index (χ0v) is 23.6. The maximum Gasteiger partial charge on any atom is 0.344 e. The molecule has 7 rings (SSSR count). The highest BCUT2D eigenvalue weighted by atomic mass is 16.5. The van der Waals surface area contributed by atoms with Crippen molar-refractivity contribution in [3.05, 3.63) is 169 Å². The zero-order valence-electron chi connectivity index (χ0n) is 23.6. The Kier molecular flexibility index (Phi) is 7.15. The standard InChI is InChI=1S/C40H26O4/c41-39(35-25-13-7-19-29(35)27-15-3-1-4-16-27)43-37-31-21-9-11-23-33(31)38(34-24-12-10-22-32(34)37)44-40(42)36-26-14-8-20-30(36)28-17-5-2-6-18-28/h1-26H. The molecule has 0 saturated heterocycles. The number of esters is 2. The first-order valence-electron chi connectivity index (χ1n) is 14.4. The predicted octanol–water partition coefficient (Wildman–Crippen LogP) is 9.77. The molecule has 44 heavy (non-hydrogen) atoms. The highest BCUT2D eigenvalue weighted by Gasteiger charge is 2.23. The second kappa shape index (κ2) is 11.7. The second-order valence-electron chi connectivity index (χ2n) is 10.4. The van der Waals surface area contributed by atoms with Gasteiger partial charge in [0.25, 0.3) is 0 Å². The van der Waals surface area contributed by atoms with Crippen LogP contribution in [-0.4, -0.2) is 11.9 Å². The number of carbonyl (C=O) groups is 2. The van der Waals surface area contributed by atoms with Gasteiger partial charge in [-0.3, -0.25) is 0 Å². The molecule has 0 fully saturated rings. The van der Waals surface area contributed by atoms with Gasteiger partial charge in [0, 0.05) is 21.5 Å². The average Bonchev–Trinajstić information content (AvgIpc) is 3.10. The summed E-state index contributed by atoms with van der Waals surface area (Å²) < 4.78 is 12.5. The van der Waals surface area contributed by atoms with Crippen LogP contribution in [0.25, 0.3) is 43.8 Å². The summed E-state index contributed by atoms with van der Waals surface area (Å²) in [7, 11) is 0. The van der Waals surface area contributed by atoms with Crippen molar-refractivity contribution >= 4 is 33.5 Å². The van der Waals surface area contributed by atoms with Crippen molar-refractivity contribution < 1.29 is 19.1 Å². The molecule has 7 aromatic rings. The first-order chi connectivity index (χ1) is 21.7. The lowest BCUT2D eigenvalue weighted by Crippen LogP contribution is -2.12. The molecule has 0 heterocycles. The molecule has 210 valence electrons. The molecule has 0 atom stereocenters. The largest absolute Gasteiger partial charge is 0.422 e. The molecule has 0 aliphatic heterocycles. The van der Waals surface area contributed by atoms with Crippen molar-refractivity contribution in [2.45, 2.75) is 0 Å². The number of carbonyl (C=O) groups excluding carboxylic acids is 2. The molecule has 0 N–H and O–H groups in total. The lowest BCUT2D eigenvalue weighted by Gasteiger charge is -2.17. The minimum absolute atomic E-state index is 0.411. The van der Waals surface area contributed by atoms with E-state index < -0.39 is 11.9 Å². The molecule has 4 heteroatoms. The maximum atomic E-state index is 13.8. The first-order valence-corrected chi connectivity index (χ1v) is 14.4. The van der Waals surface area contributed by atoms with Gasteiger partial charge in [-0.15, -0.1) is 0 Å². The Balaban J connectivity index is 1.33. The van der Waals surface area contributed by atoms with Gasteiger partial charge in [0.1, 0.15) is 11.5 Å². The van der Waals surface area contributed by atoms with Crippen LogP contribution >= 0.6 is 0 Å². The Morgan fingerprint density at radius 2 is 0.636 bits per heavy atom. The molecule has 7 aromatic carbocycles. The monoisotopic (exact) mass is 570 g/mol. The van der Waals surface area contributed by atoms with Crippen molar-refractivity contribution in [2.24, 2.45) is 0 Å². The average molecular weight is 571 g/mol. The smallest absolute Gasteiger partial charge is 0.344 e. The zero-order chi connectivity index (χ0) is 29.9. The Hall–Kier alpha value is -6.00. The first kappa shape index (κ1) is 26.9. The lowest BCUT2D eigenvalue weighted by atomic mass is 9.98. The van der Waals surface area contributed by atoms with Gasteiger partial charge in [-0.05, 0) is 34.4 Å². The number of benzene rings is 7. The van der Waals surface area contributed by atoms with E-state index in [9.17, 15) is 9.59 Å². The summed E-state index contributed by atoms with van der Waals surface area (Å²) >= 11 is 0. The normalized spacial score (nSPS) is 10.9. The van der Waals surface area contributed by atoms with Gasteiger partial charge in [-0.2, -0.15) is 0 Å². The van der Waals surface area contributed by atoms with E-state index in [2.05, 4.69) is 0 Å². The van der Waals surface area contributed by atoms with Crippen molar-refractivity contribution in [3.8, 4) is 33.8 Å². The third-order valence-electron chi connectivity index (χ3n) is 7.69. The molecule has 0 aliphatic rings. The fourth-order valence-electron chi connectivity index (χ4n) is 5.62. The van der Waals surface area contributed by atoms with Gasteiger partial charge in [-0.1, -0.05) is 146 Å². The molecule has 0 bridgehead atoms. The Morgan fingerprint density at radius 3 is 1.00 bits per heavy atom. The molecule has 4 nitrogen and oxygen atoms in total. The SMILES string of the molecule is O=C(Oc1c2ccccc2c(OC(=O)c2ccccc2-c2ccccc2)c2ccccc12)c1ccccc1-c1ccccc1. The molecule has 0 saturated carbocycles. The minimum atomic E-state index is -0.471. The van der Waals surface area contributed by atoms with Crippen LogP contribution < -0.4 is 9.47 Å². The van der Waals surface area contributed by atoms with E-state index in [0.717, 1.165) is 22.3 Å². The van der Waals surface area contributed by atoms with Gasteiger partial charge in [-0.25, -0.2) is 9.59 Å². The van der Waals surface area contributed by atoms with Gasteiger partial charge in [0.15, 0.2) is 0 Å². The van der Waals surface area contributed by atoms with Crippen molar-refractivity contribution in [3.63, 3.8) is 0 Å². The number of rotatable bonds is 6. The summed E-state index contributed by atoms with van der Waals surface area (Å²) in [6.07, 6.45) is 0. The summed E-state index contributed by atoms with van der Waals surface area (Å²) in [6.45, 7) is 0. The number of hydrogen-bond donors (Lipinski definition) is 0. The van der Waals surface area contributed by atoms with Crippen molar-refractivity contribution in [1.82, 2.24) is 0 Å². The van der Waals surface area contributed by atoms with E-state index in [1.165, 1.54) is 0 Å². The topological polar surface area (TPSA) is 52.6 Å². The van der Waals surface area contributed by atoms with Crippen molar-refractivity contribution in [1.29, 1.82) is 0 Å². The van der Waals surface area contributed by atoms with Crippen LogP contribution in [0.2, 0.25) is 0 Å². The fraction of sp³-hybridized carbons (Fsp3) is 0. The van der Waals surface area contributed by atoms with Crippen LogP contribution in [0.1, 0.15) is 20.7 Å².